The van der Waals surface area contributed by atoms with E-state index in [1.807, 2.05) is 0 Å². The maximum atomic E-state index is 10.9. The van der Waals surface area contributed by atoms with Crippen LogP contribution in [0.4, 0.5) is 0 Å². The Labute approximate surface area is 80.2 Å². The third kappa shape index (κ3) is 1.31. The molecule has 0 fully saturated rings. The van der Waals surface area contributed by atoms with E-state index in [2.05, 4.69) is 0 Å². The summed E-state index contributed by atoms with van der Waals surface area (Å²) >= 11 is 1.35. The molecule has 0 spiro atoms. The molecule has 0 saturated heterocycles. The van der Waals surface area contributed by atoms with Crippen LogP contribution in [0.2, 0.25) is 0 Å². The van der Waals surface area contributed by atoms with Crippen LogP contribution in [0.3, 0.4) is 0 Å². The predicted octanol–water partition coefficient (Wildman–Crippen LogP) is 1.43. The molecule has 1 aliphatic rings. The van der Waals surface area contributed by atoms with Gasteiger partial charge in [-0.25, -0.2) is 0 Å². The highest BCUT2D eigenvalue weighted by atomic mass is 32.1. The van der Waals surface area contributed by atoms with Crippen LogP contribution < -0.4 is 5.73 Å². The van der Waals surface area contributed by atoms with Crippen molar-refractivity contribution in [1.82, 2.24) is 0 Å². The summed E-state index contributed by atoms with van der Waals surface area (Å²) < 4.78 is 0. The van der Waals surface area contributed by atoms with Crippen molar-refractivity contribution in [3.8, 4) is 5.75 Å². The molecular formula is C9H11NO2S. The molecule has 1 heterocycles. The fourth-order valence-electron chi connectivity index (χ4n) is 1.72. The SMILES string of the molecule is NC(=O)c1sc2c(c1O)CCCC2. The Bertz CT molecular complexity index is 357. The summed E-state index contributed by atoms with van der Waals surface area (Å²) in [6, 6.07) is 0. The van der Waals surface area contributed by atoms with Crippen molar-refractivity contribution in [1.29, 1.82) is 0 Å². The minimum atomic E-state index is -0.517. The number of amides is 1. The lowest BCUT2D eigenvalue weighted by molar-refractivity contribution is 0.100. The molecule has 0 radical (unpaired) electrons. The molecule has 13 heavy (non-hydrogen) atoms. The van der Waals surface area contributed by atoms with E-state index >= 15 is 0 Å². The van der Waals surface area contributed by atoms with E-state index < -0.39 is 5.91 Å². The van der Waals surface area contributed by atoms with E-state index in [1.54, 1.807) is 0 Å². The Morgan fingerprint density at radius 1 is 1.38 bits per heavy atom. The molecule has 70 valence electrons. The minimum Gasteiger partial charge on any atom is -0.506 e. The fourth-order valence-corrected chi connectivity index (χ4v) is 2.85. The highest BCUT2D eigenvalue weighted by molar-refractivity contribution is 7.14. The van der Waals surface area contributed by atoms with Crippen molar-refractivity contribution in [2.75, 3.05) is 0 Å². The smallest absolute Gasteiger partial charge is 0.262 e. The van der Waals surface area contributed by atoms with Crippen molar-refractivity contribution in [3.63, 3.8) is 0 Å². The van der Waals surface area contributed by atoms with E-state index in [0.29, 0.717) is 4.88 Å². The Morgan fingerprint density at radius 2 is 2.08 bits per heavy atom. The van der Waals surface area contributed by atoms with E-state index in [1.165, 1.54) is 11.3 Å². The van der Waals surface area contributed by atoms with Crippen molar-refractivity contribution in [2.24, 2.45) is 5.73 Å². The van der Waals surface area contributed by atoms with Gasteiger partial charge in [0.05, 0.1) is 0 Å². The van der Waals surface area contributed by atoms with Gasteiger partial charge in [0.15, 0.2) is 0 Å². The van der Waals surface area contributed by atoms with Crippen LogP contribution in [0, 0.1) is 0 Å². The van der Waals surface area contributed by atoms with Gasteiger partial charge in [0.1, 0.15) is 10.6 Å². The molecule has 0 saturated carbocycles. The summed E-state index contributed by atoms with van der Waals surface area (Å²) in [5, 5.41) is 9.65. The standard InChI is InChI=1S/C9H11NO2S/c10-9(12)8-7(11)5-3-1-2-4-6(5)13-8/h11H,1-4H2,(H2,10,12). The number of aromatic hydroxyl groups is 1. The summed E-state index contributed by atoms with van der Waals surface area (Å²) in [6.45, 7) is 0. The highest BCUT2D eigenvalue weighted by Gasteiger charge is 2.22. The molecule has 1 aromatic heterocycles. The number of fused-ring (bicyclic) bond motifs is 1. The third-order valence-electron chi connectivity index (χ3n) is 2.37. The first kappa shape index (κ1) is 8.56. The van der Waals surface area contributed by atoms with Gasteiger partial charge in [-0.05, 0) is 25.7 Å². The average molecular weight is 197 g/mol. The minimum absolute atomic E-state index is 0.132. The average Bonchev–Trinajstić information content (AvgIpc) is 2.45. The zero-order chi connectivity index (χ0) is 9.42. The topological polar surface area (TPSA) is 63.3 Å². The van der Waals surface area contributed by atoms with E-state index in [4.69, 9.17) is 5.73 Å². The van der Waals surface area contributed by atoms with Crippen molar-refractivity contribution in [3.05, 3.63) is 15.3 Å². The molecule has 3 nitrogen and oxygen atoms in total. The van der Waals surface area contributed by atoms with Crippen molar-refractivity contribution >= 4 is 17.2 Å². The molecule has 4 heteroatoms. The molecule has 0 atom stereocenters. The summed E-state index contributed by atoms with van der Waals surface area (Å²) in [4.78, 5) is 12.4. The molecule has 3 N–H and O–H groups in total. The summed E-state index contributed by atoms with van der Waals surface area (Å²) in [5.41, 5.74) is 6.09. The lowest BCUT2D eigenvalue weighted by atomic mass is 9.98. The van der Waals surface area contributed by atoms with Crippen molar-refractivity contribution < 1.29 is 9.90 Å². The normalized spacial score (nSPS) is 15.4. The van der Waals surface area contributed by atoms with E-state index in [0.717, 1.165) is 36.1 Å². The number of nitrogens with two attached hydrogens (primary N) is 1. The first-order chi connectivity index (χ1) is 6.20. The van der Waals surface area contributed by atoms with Gasteiger partial charge in [-0.2, -0.15) is 0 Å². The van der Waals surface area contributed by atoms with Crippen LogP contribution in [-0.4, -0.2) is 11.0 Å². The first-order valence-corrected chi connectivity index (χ1v) is 5.15. The predicted molar refractivity (Wildman–Crippen MR) is 51.1 cm³/mol. The largest absolute Gasteiger partial charge is 0.506 e. The lowest BCUT2D eigenvalue weighted by Gasteiger charge is -2.09. The lowest BCUT2D eigenvalue weighted by Crippen LogP contribution is -2.08. The third-order valence-corrected chi connectivity index (χ3v) is 3.66. The van der Waals surface area contributed by atoms with Crippen LogP contribution in [0.1, 0.15) is 33.0 Å². The van der Waals surface area contributed by atoms with Crippen LogP contribution in [0.25, 0.3) is 0 Å². The monoisotopic (exact) mass is 197 g/mol. The zero-order valence-electron chi connectivity index (χ0n) is 7.17. The molecule has 1 aliphatic carbocycles. The molecule has 2 rings (SSSR count). The number of thiophene rings is 1. The van der Waals surface area contributed by atoms with Crippen LogP contribution in [0.5, 0.6) is 5.75 Å². The maximum Gasteiger partial charge on any atom is 0.262 e. The zero-order valence-corrected chi connectivity index (χ0v) is 7.99. The second-order valence-corrected chi connectivity index (χ2v) is 4.36. The molecule has 1 amide bonds. The molecule has 1 aromatic rings. The summed E-state index contributed by atoms with van der Waals surface area (Å²) in [5.74, 6) is -0.385. The summed E-state index contributed by atoms with van der Waals surface area (Å²) in [7, 11) is 0. The number of primary amides is 1. The second kappa shape index (κ2) is 3.03. The Hall–Kier alpha value is -1.03. The maximum absolute atomic E-state index is 10.9. The Balaban J connectivity index is 2.50. The van der Waals surface area contributed by atoms with Gasteiger partial charge in [0, 0.05) is 10.4 Å². The molecule has 0 aliphatic heterocycles. The quantitative estimate of drug-likeness (QED) is 0.715. The number of carbonyl (C=O) groups is 1. The van der Waals surface area contributed by atoms with Crippen molar-refractivity contribution in [2.45, 2.75) is 25.7 Å². The summed E-state index contributed by atoms with van der Waals surface area (Å²) in [6.07, 6.45) is 4.09. The number of hydrogen-bond acceptors (Lipinski definition) is 3. The van der Waals surface area contributed by atoms with Gasteiger partial charge in [0.25, 0.3) is 5.91 Å². The number of carbonyl (C=O) groups excluding carboxylic acids is 1. The van der Waals surface area contributed by atoms with Crippen LogP contribution in [0.15, 0.2) is 0 Å². The molecule has 0 unspecified atom stereocenters. The number of rotatable bonds is 1. The van der Waals surface area contributed by atoms with Gasteiger partial charge >= 0.3 is 0 Å². The first-order valence-electron chi connectivity index (χ1n) is 4.33. The highest BCUT2D eigenvalue weighted by Crippen LogP contribution is 2.38. The van der Waals surface area contributed by atoms with Gasteiger partial charge in [-0.1, -0.05) is 0 Å². The van der Waals surface area contributed by atoms with Gasteiger partial charge < -0.3 is 10.8 Å². The van der Waals surface area contributed by atoms with E-state index in [-0.39, 0.29) is 5.75 Å². The van der Waals surface area contributed by atoms with E-state index in [9.17, 15) is 9.90 Å². The van der Waals surface area contributed by atoms with Crippen LogP contribution >= 0.6 is 11.3 Å². The fraction of sp³-hybridized carbons (Fsp3) is 0.444. The van der Waals surface area contributed by atoms with Gasteiger partial charge in [0.2, 0.25) is 0 Å². The Morgan fingerprint density at radius 3 is 2.69 bits per heavy atom. The molecule has 0 bridgehead atoms. The Kier molecular flexibility index (Phi) is 2.00. The molecule has 0 aromatic carbocycles. The second-order valence-electron chi connectivity index (χ2n) is 3.25. The van der Waals surface area contributed by atoms with Crippen LogP contribution in [-0.2, 0) is 12.8 Å². The number of hydrogen-bond donors (Lipinski definition) is 2. The molecular weight excluding hydrogens is 186 g/mol. The van der Waals surface area contributed by atoms with Gasteiger partial charge in [-0.3, -0.25) is 4.79 Å². The number of aryl methyl sites for hydroxylation is 1. The van der Waals surface area contributed by atoms with Gasteiger partial charge in [-0.15, -0.1) is 11.3 Å².